The number of hydrogen-bond donors (Lipinski definition) is 0. The number of carbonyl (C=O) groups is 4. The number of hydrogen-bond acceptors (Lipinski definition) is 6. The van der Waals surface area contributed by atoms with Crippen molar-refractivity contribution in [2.45, 2.75) is 26.7 Å². The van der Waals surface area contributed by atoms with Crippen LogP contribution in [-0.4, -0.2) is 23.5 Å². The molecule has 0 aliphatic carbocycles. The molecule has 0 aliphatic heterocycles. The van der Waals surface area contributed by atoms with Crippen molar-refractivity contribution < 1.29 is 61.4 Å². The molecule has 0 aromatic carbocycles. The molecule has 0 bridgehead atoms. The predicted octanol–water partition coefficient (Wildman–Crippen LogP) is -2.81. The van der Waals surface area contributed by atoms with Crippen LogP contribution < -0.4 is 10.2 Å². The summed E-state index contributed by atoms with van der Waals surface area (Å²) in [5.41, 5.74) is 0. The maximum Gasteiger partial charge on any atom is 0.135 e. The molecule has 0 unspecified atom stereocenters. The molecule has 0 heterocycles. The van der Waals surface area contributed by atoms with Crippen molar-refractivity contribution in [3.05, 3.63) is 0 Å². The van der Waals surface area contributed by atoms with Crippen LogP contribution in [0.3, 0.4) is 0 Å². The average molecular weight is 330 g/mol. The van der Waals surface area contributed by atoms with Gasteiger partial charge in [0.1, 0.15) is 11.6 Å². The Bertz CT molecular complexity index is 200. The normalized spacial score (nSPS) is 6.71. The van der Waals surface area contributed by atoms with E-state index in [-0.39, 0.29) is 43.6 Å². The molecule has 9 heteroatoms. The smallest absolute Gasteiger partial charge is 0.135 e. The van der Waals surface area contributed by atoms with Crippen LogP contribution in [0.5, 0.6) is 0 Å². The molecule has 0 atom stereocenters. The molecule has 0 aromatic rings. The summed E-state index contributed by atoms with van der Waals surface area (Å²) < 4.78 is 0. The third kappa shape index (κ3) is 52.1. The minimum absolute atomic E-state index is 0. The zero-order valence-electron chi connectivity index (χ0n) is 9.09. The van der Waals surface area contributed by atoms with Crippen LogP contribution in [0.1, 0.15) is 26.7 Å². The number of aliphatic carboxylic acids is 2. The molecule has 102 valence electrons. The van der Waals surface area contributed by atoms with Crippen molar-refractivity contribution in [2.75, 3.05) is 0 Å². The Morgan fingerprint density at radius 3 is 0.941 bits per heavy atom. The Morgan fingerprint density at radius 1 is 0.765 bits per heavy atom. The van der Waals surface area contributed by atoms with Gasteiger partial charge < -0.3 is 30.8 Å². The molecule has 0 N–H and O–H groups in total. The summed E-state index contributed by atoms with van der Waals surface area (Å²) in [5.74, 6) is -3.37. The minimum atomic E-state index is -1.31. The number of rotatable bonds is 4. The van der Waals surface area contributed by atoms with Gasteiger partial charge in [-0.1, -0.05) is 0 Å². The van der Waals surface area contributed by atoms with Gasteiger partial charge in [0.15, 0.2) is 0 Å². The van der Waals surface area contributed by atoms with Gasteiger partial charge in [-0.15, -0.1) is 0 Å². The van der Waals surface area contributed by atoms with Crippen LogP contribution >= 0.6 is 0 Å². The molecule has 0 saturated carbocycles. The minimum Gasteiger partial charge on any atom is -2.00 e. The number of carbonyl (C=O) groups excluding carboxylic acids is 4. The van der Waals surface area contributed by atoms with Crippen LogP contribution in [0.4, 0.5) is 0 Å². The fourth-order valence-electron chi connectivity index (χ4n) is 0.407. The molecule has 0 amide bonds. The van der Waals surface area contributed by atoms with Gasteiger partial charge in [-0.2, -0.15) is 0 Å². The molecule has 0 radical (unpaired) electrons. The van der Waals surface area contributed by atoms with E-state index in [9.17, 15) is 29.4 Å². The third-order valence-electron chi connectivity index (χ3n) is 0.787. The number of carboxylic acid groups (broad SMARTS) is 2. The summed E-state index contributed by atoms with van der Waals surface area (Å²) in [6.45, 7) is 2.41. The zero-order valence-corrected chi connectivity index (χ0v) is 11.1. The summed E-state index contributed by atoms with van der Waals surface area (Å²) in [6.07, 6.45) is -0.944. The molecule has 0 aliphatic rings. The average Bonchev–Trinajstić information content (AvgIpc) is 1.79. The molecule has 8 nitrogen and oxygen atoms in total. The van der Waals surface area contributed by atoms with Crippen molar-refractivity contribution >= 4 is 23.5 Å². The third-order valence-corrected chi connectivity index (χ3v) is 0.787. The summed E-state index contributed by atoms with van der Waals surface area (Å²) >= 11 is 0. The van der Waals surface area contributed by atoms with E-state index in [1.54, 1.807) is 0 Å². The van der Waals surface area contributed by atoms with E-state index >= 15 is 0 Å². The molecule has 0 rings (SSSR count). The van der Waals surface area contributed by atoms with E-state index in [0.29, 0.717) is 0 Å². The van der Waals surface area contributed by atoms with Crippen LogP contribution in [0.2, 0.25) is 0 Å². The standard InChI is InChI=1S/2C4H6O3.Mo.2O/c2*1-3(5)2-4(6)7;;;/h2*2H2,1H3,(H,6,7);;;/q;;;2*-2/p-2. The maximum absolute atomic E-state index is 9.83. The van der Waals surface area contributed by atoms with Crippen molar-refractivity contribution in [3.8, 4) is 0 Å². The quantitative estimate of drug-likeness (QED) is 0.397. The number of Topliss-reactive ketones (excluding diaryl/α,β-unsaturated/α-hetero) is 2. The molecular formula is C8H10MoO8-6. The van der Waals surface area contributed by atoms with E-state index < -0.39 is 24.8 Å². The Labute approximate surface area is 112 Å². The van der Waals surface area contributed by atoms with Crippen LogP contribution in [0.15, 0.2) is 0 Å². The first-order valence-electron chi connectivity index (χ1n) is 3.64. The Kier molecular flexibility index (Phi) is 30.2. The van der Waals surface area contributed by atoms with Gasteiger partial charge in [-0.05, 0) is 13.8 Å². The summed E-state index contributed by atoms with van der Waals surface area (Å²) in [6, 6.07) is 0. The van der Waals surface area contributed by atoms with Crippen molar-refractivity contribution in [2.24, 2.45) is 0 Å². The van der Waals surface area contributed by atoms with Gasteiger partial charge in [-0.3, -0.25) is 9.59 Å². The molecule has 0 aromatic heterocycles. The Balaban J connectivity index is -0.0000000480. The number of carboxylic acids is 2. The number of ketones is 2. The van der Waals surface area contributed by atoms with E-state index in [1.165, 1.54) is 13.8 Å². The van der Waals surface area contributed by atoms with Crippen molar-refractivity contribution in [3.63, 3.8) is 0 Å². The monoisotopic (exact) mass is 332 g/mol. The Morgan fingerprint density at radius 2 is 0.941 bits per heavy atom. The fraction of sp³-hybridized carbons (Fsp3) is 0.500. The fourth-order valence-corrected chi connectivity index (χ4v) is 0.407. The Hall–Kier alpha value is -1.11. The topological polar surface area (TPSA) is 171 Å². The zero-order chi connectivity index (χ0) is 11.7. The van der Waals surface area contributed by atoms with Gasteiger partial charge in [-0.25, -0.2) is 0 Å². The summed E-state index contributed by atoms with van der Waals surface area (Å²) in [5, 5.41) is 19.0. The second kappa shape index (κ2) is 17.3. The van der Waals surface area contributed by atoms with Gasteiger partial charge in [0.2, 0.25) is 0 Å². The predicted molar refractivity (Wildman–Crippen MR) is 42.0 cm³/mol. The summed E-state index contributed by atoms with van der Waals surface area (Å²) in [4.78, 5) is 38.6. The first kappa shape index (κ1) is 29.7. The molecular weight excluding hydrogens is 320 g/mol. The largest absolute Gasteiger partial charge is 2.00 e. The second-order valence-electron chi connectivity index (χ2n) is 2.50. The SMILES string of the molecule is CC(=O)CC(=O)[O-].CC(=O)CC(=O)[O-].[Mo].[O-2].[O-2]. The molecule has 0 spiro atoms. The van der Waals surface area contributed by atoms with Crippen LogP contribution in [0, 0.1) is 0 Å². The molecule has 17 heavy (non-hydrogen) atoms. The van der Waals surface area contributed by atoms with Gasteiger partial charge in [0.25, 0.3) is 0 Å². The van der Waals surface area contributed by atoms with E-state index in [4.69, 9.17) is 0 Å². The van der Waals surface area contributed by atoms with Gasteiger partial charge in [0, 0.05) is 45.8 Å². The second-order valence-corrected chi connectivity index (χ2v) is 2.50. The van der Waals surface area contributed by atoms with Crippen molar-refractivity contribution in [1.82, 2.24) is 0 Å². The first-order chi connectivity index (χ1) is 6.25. The molecule has 0 saturated heterocycles. The van der Waals surface area contributed by atoms with E-state index in [2.05, 4.69) is 0 Å². The first-order valence-corrected chi connectivity index (χ1v) is 3.64. The maximum atomic E-state index is 9.83. The van der Waals surface area contributed by atoms with E-state index in [1.807, 2.05) is 0 Å². The summed E-state index contributed by atoms with van der Waals surface area (Å²) in [7, 11) is 0. The van der Waals surface area contributed by atoms with E-state index in [0.717, 1.165) is 0 Å². The molecule has 0 fully saturated rings. The van der Waals surface area contributed by atoms with Crippen molar-refractivity contribution in [1.29, 1.82) is 0 Å². The van der Waals surface area contributed by atoms with Crippen LogP contribution in [0.25, 0.3) is 0 Å². The van der Waals surface area contributed by atoms with Crippen LogP contribution in [-0.2, 0) is 51.2 Å². The van der Waals surface area contributed by atoms with Gasteiger partial charge in [0.05, 0.1) is 0 Å². The van der Waals surface area contributed by atoms with Gasteiger partial charge >= 0.3 is 0 Å².